The Labute approximate surface area is 155 Å². The zero-order valence-electron chi connectivity index (χ0n) is 14.6. The van der Waals surface area contributed by atoms with Crippen LogP contribution in [-0.2, 0) is 16.0 Å². The predicted octanol–water partition coefficient (Wildman–Crippen LogP) is 2.28. The molecule has 0 radical (unpaired) electrons. The van der Waals surface area contributed by atoms with Crippen LogP contribution >= 0.6 is 11.3 Å². The average Bonchev–Trinajstić information content (AvgIpc) is 3.09. The summed E-state index contributed by atoms with van der Waals surface area (Å²) in [5.41, 5.74) is 0.864. The molecule has 9 heteroatoms. The molecule has 0 spiro atoms. The normalized spacial score (nSPS) is 14.1. The van der Waals surface area contributed by atoms with E-state index in [2.05, 4.69) is 25.2 Å². The molecule has 0 aliphatic carbocycles. The van der Waals surface area contributed by atoms with Crippen molar-refractivity contribution in [2.75, 3.05) is 29.9 Å². The van der Waals surface area contributed by atoms with Crippen molar-refractivity contribution < 1.29 is 14.3 Å². The minimum absolute atomic E-state index is 0.0901. The summed E-state index contributed by atoms with van der Waals surface area (Å²) in [5, 5.41) is 4.87. The van der Waals surface area contributed by atoms with Crippen LogP contribution in [0.4, 0.5) is 10.9 Å². The molecule has 1 fully saturated rings. The molecule has 1 aliphatic rings. The molecule has 26 heavy (non-hydrogen) atoms. The number of esters is 1. The number of nitrogens with one attached hydrogen (secondary N) is 1. The van der Waals surface area contributed by atoms with E-state index in [1.54, 1.807) is 18.4 Å². The summed E-state index contributed by atoms with van der Waals surface area (Å²) in [7, 11) is 0. The van der Waals surface area contributed by atoms with Gasteiger partial charge in [0.1, 0.15) is 17.8 Å². The van der Waals surface area contributed by atoms with Crippen LogP contribution in [0.3, 0.4) is 0 Å². The highest BCUT2D eigenvalue weighted by Crippen LogP contribution is 2.19. The molecule has 0 saturated carbocycles. The summed E-state index contributed by atoms with van der Waals surface area (Å²) < 4.78 is 4.89. The fraction of sp³-hybridized carbons (Fsp3) is 0.471. The third-order valence-corrected chi connectivity index (χ3v) is 4.77. The summed E-state index contributed by atoms with van der Waals surface area (Å²) >= 11 is 1.26. The van der Waals surface area contributed by atoms with E-state index in [1.807, 2.05) is 0 Å². The molecule has 3 heterocycles. The topological polar surface area (TPSA) is 97.3 Å². The van der Waals surface area contributed by atoms with Crippen molar-refractivity contribution in [1.29, 1.82) is 0 Å². The Bertz CT molecular complexity index is 773. The van der Waals surface area contributed by atoms with Crippen LogP contribution < -0.4 is 10.2 Å². The van der Waals surface area contributed by atoms with Gasteiger partial charge < -0.3 is 9.64 Å². The van der Waals surface area contributed by atoms with Crippen molar-refractivity contribution in [3.05, 3.63) is 29.2 Å². The first-order valence-corrected chi connectivity index (χ1v) is 9.52. The molecule has 1 N–H and O–H groups in total. The summed E-state index contributed by atoms with van der Waals surface area (Å²) in [4.78, 5) is 38.7. The number of carbonyl (C=O) groups is 2. The Morgan fingerprint density at radius 2 is 2.08 bits per heavy atom. The number of hydrogen-bond acceptors (Lipinski definition) is 8. The van der Waals surface area contributed by atoms with Crippen molar-refractivity contribution >= 4 is 34.2 Å². The van der Waals surface area contributed by atoms with Crippen molar-refractivity contribution in [2.24, 2.45) is 0 Å². The van der Waals surface area contributed by atoms with Crippen LogP contribution in [0.5, 0.6) is 0 Å². The maximum atomic E-state index is 12.4. The summed E-state index contributed by atoms with van der Waals surface area (Å²) in [6.07, 6.45) is 4.99. The Hall–Kier alpha value is -2.55. The van der Waals surface area contributed by atoms with Crippen LogP contribution in [0.2, 0.25) is 0 Å². The van der Waals surface area contributed by atoms with Crippen LogP contribution in [-0.4, -0.2) is 46.5 Å². The predicted molar refractivity (Wildman–Crippen MR) is 98.5 cm³/mol. The van der Waals surface area contributed by atoms with Gasteiger partial charge >= 0.3 is 5.97 Å². The lowest BCUT2D eigenvalue weighted by Gasteiger charge is -2.27. The van der Waals surface area contributed by atoms with Crippen molar-refractivity contribution in [2.45, 2.75) is 32.6 Å². The van der Waals surface area contributed by atoms with Crippen LogP contribution in [0.15, 0.2) is 17.8 Å². The number of piperidine rings is 1. The van der Waals surface area contributed by atoms with Crippen molar-refractivity contribution in [1.82, 2.24) is 15.0 Å². The van der Waals surface area contributed by atoms with Gasteiger partial charge in [0.25, 0.3) is 5.91 Å². The monoisotopic (exact) mass is 375 g/mol. The van der Waals surface area contributed by atoms with Gasteiger partial charge in [-0.25, -0.2) is 15.0 Å². The average molecular weight is 375 g/mol. The largest absolute Gasteiger partial charge is 0.466 e. The summed E-state index contributed by atoms with van der Waals surface area (Å²) in [6.45, 7) is 3.98. The highest BCUT2D eigenvalue weighted by molar-refractivity contribution is 7.14. The second-order valence-corrected chi connectivity index (χ2v) is 6.75. The second kappa shape index (κ2) is 8.70. The maximum Gasteiger partial charge on any atom is 0.311 e. The van der Waals surface area contributed by atoms with Crippen LogP contribution in [0.1, 0.15) is 42.4 Å². The summed E-state index contributed by atoms with van der Waals surface area (Å²) in [6, 6.07) is 1.70. The molecule has 0 bridgehead atoms. The number of ether oxygens (including phenoxy) is 1. The van der Waals surface area contributed by atoms with E-state index >= 15 is 0 Å². The van der Waals surface area contributed by atoms with E-state index in [9.17, 15) is 9.59 Å². The molecule has 1 saturated heterocycles. The fourth-order valence-corrected chi connectivity index (χ4v) is 3.44. The first kappa shape index (κ1) is 18.2. The molecule has 138 valence electrons. The highest BCUT2D eigenvalue weighted by atomic mass is 32.1. The second-order valence-electron chi connectivity index (χ2n) is 5.89. The molecular formula is C17H21N5O3S. The minimum Gasteiger partial charge on any atom is -0.466 e. The molecule has 0 aromatic carbocycles. The lowest BCUT2D eigenvalue weighted by atomic mass is 10.1. The summed E-state index contributed by atoms with van der Waals surface area (Å²) in [5.74, 6) is 0.0901. The number of aromatic nitrogens is 3. The van der Waals surface area contributed by atoms with Gasteiger partial charge in [0.05, 0.1) is 18.7 Å². The van der Waals surface area contributed by atoms with E-state index in [0.717, 1.165) is 31.7 Å². The molecule has 8 nitrogen and oxygen atoms in total. The number of nitrogens with zero attached hydrogens (tertiary/aromatic N) is 4. The Morgan fingerprint density at radius 3 is 2.85 bits per heavy atom. The molecule has 1 aliphatic heterocycles. The van der Waals surface area contributed by atoms with Crippen LogP contribution in [0, 0.1) is 0 Å². The lowest BCUT2D eigenvalue weighted by Crippen LogP contribution is -2.30. The first-order chi connectivity index (χ1) is 12.7. The maximum absolute atomic E-state index is 12.4. The van der Waals surface area contributed by atoms with Gasteiger partial charge in [0, 0.05) is 24.5 Å². The minimum atomic E-state index is -0.345. The van der Waals surface area contributed by atoms with E-state index in [-0.39, 0.29) is 18.3 Å². The molecule has 1 amide bonds. The van der Waals surface area contributed by atoms with Gasteiger partial charge in [-0.3, -0.25) is 14.9 Å². The zero-order chi connectivity index (χ0) is 18.4. The number of thiazole rings is 1. The number of anilines is 2. The first-order valence-electron chi connectivity index (χ1n) is 8.64. The zero-order valence-corrected chi connectivity index (χ0v) is 15.4. The third kappa shape index (κ3) is 4.75. The van der Waals surface area contributed by atoms with E-state index in [0.29, 0.717) is 23.1 Å². The number of amides is 1. The van der Waals surface area contributed by atoms with Gasteiger partial charge in [0.15, 0.2) is 5.13 Å². The molecular weight excluding hydrogens is 354 g/mol. The third-order valence-electron chi connectivity index (χ3n) is 3.97. The molecule has 3 rings (SSSR count). The molecule has 2 aromatic rings. The van der Waals surface area contributed by atoms with Crippen molar-refractivity contribution in [3.8, 4) is 0 Å². The van der Waals surface area contributed by atoms with E-state index in [1.165, 1.54) is 24.1 Å². The van der Waals surface area contributed by atoms with Crippen molar-refractivity contribution in [3.63, 3.8) is 0 Å². The van der Waals surface area contributed by atoms with E-state index < -0.39 is 0 Å². The highest BCUT2D eigenvalue weighted by Gasteiger charge is 2.16. The Balaban J connectivity index is 1.63. The SMILES string of the molecule is CCOC(=O)Cc1csc(NC(=O)c2cc(N3CCCCC3)ncn2)n1. The Morgan fingerprint density at radius 1 is 1.27 bits per heavy atom. The lowest BCUT2D eigenvalue weighted by molar-refractivity contribution is -0.142. The van der Waals surface area contributed by atoms with Gasteiger partial charge in [0.2, 0.25) is 0 Å². The number of carbonyl (C=O) groups excluding carboxylic acids is 2. The number of rotatable bonds is 6. The number of hydrogen-bond donors (Lipinski definition) is 1. The molecule has 0 atom stereocenters. The standard InChI is InChI=1S/C17H21N5O3S/c1-2-25-15(23)8-12-10-26-17(20-12)21-16(24)13-9-14(19-11-18-13)22-6-4-3-5-7-22/h9-11H,2-8H2,1H3,(H,20,21,24). The van der Waals surface area contributed by atoms with Gasteiger partial charge in [-0.15, -0.1) is 11.3 Å². The van der Waals surface area contributed by atoms with Crippen LogP contribution in [0.25, 0.3) is 0 Å². The smallest absolute Gasteiger partial charge is 0.311 e. The van der Waals surface area contributed by atoms with Gasteiger partial charge in [-0.2, -0.15) is 0 Å². The van der Waals surface area contributed by atoms with Gasteiger partial charge in [-0.1, -0.05) is 0 Å². The molecule has 0 unspecified atom stereocenters. The molecule has 2 aromatic heterocycles. The Kier molecular flexibility index (Phi) is 6.11. The fourth-order valence-electron chi connectivity index (χ4n) is 2.73. The van der Waals surface area contributed by atoms with Gasteiger partial charge in [-0.05, 0) is 26.2 Å². The quantitative estimate of drug-likeness (QED) is 0.774. The van der Waals surface area contributed by atoms with E-state index in [4.69, 9.17) is 4.74 Å².